The van der Waals surface area contributed by atoms with Gasteiger partial charge in [0.15, 0.2) is 11.6 Å². The van der Waals surface area contributed by atoms with Crippen LogP contribution in [0, 0.1) is 23.3 Å². The molecule has 0 radical (unpaired) electrons. The summed E-state index contributed by atoms with van der Waals surface area (Å²) in [6.45, 7) is -0.246. The highest BCUT2D eigenvalue weighted by Crippen LogP contribution is 2.30. The van der Waals surface area contributed by atoms with Crippen molar-refractivity contribution in [1.29, 1.82) is 0 Å². The molecule has 1 aromatic heterocycles. The van der Waals surface area contributed by atoms with E-state index in [9.17, 15) is 27.2 Å². The van der Waals surface area contributed by atoms with Gasteiger partial charge in [-0.2, -0.15) is 0 Å². The molecule has 0 bridgehead atoms. The van der Waals surface area contributed by atoms with Crippen LogP contribution in [0.25, 0.3) is 10.2 Å². The van der Waals surface area contributed by atoms with Gasteiger partial charge in [-0.15, -0.1) is 11.3 Å². The Morgan fingerprint density at radius 1 is 1.04 bits per heavy atom. The molecule has 1 heterocycles. The number of benzene rings is 2. The zero-order chi connectivity index (χ0) is 20.4. The van der Waals surface area contributed by atoms with Gasteiger partial charge in [-0.25, -0.2) is 22.5 Å². The highest BCUT2D eigenvalue weighted by Gasteiger charge is 2.22. The number of thiazole rings is 1. The molecule has 1 N–H and O–H groups in total. The third-order valence-electron chi connectivity index (χ3n) is 3.84. The van der Waals surface area contributed by atoms with Crippen LogP contribution in [-0.4, -0.2) is 22.0 Å². The molecular formula is C18H12F4N2O3S. The molecule has 0 aliphatic heterocycles. The van der Waals surface area contributed by atoms with Gasteiger partial charge in [-0.1, -0.05) is 0 Å². The number of nitrogens with zero attached hydrogens (tertiary/aromatic N) is 2. The SMILES string of the molecule is O=C(O)CCC(=O)N(Cc1nc2c(F)c(F)cc(F)c2s1)c1ccc(F)cc1. The zero-order valence-electron chi connectivity index (χ0n) is 14.1. The summed E-state index contributed by atoms with van der Waals surface area (Å²) >= 11 is 0.738. The summed E-state index contributed by atoms with van der Waals surface area (Å²) in [6, 6.07) is 5.25. The largest absolute Gasteiger partial charge is 0.481 e. The van der Waals surface area contributed by atoms with Crippen LogP contribution in [-0.2, 0) is 16.1 Å². The predicted octanol–water partition coefficient (Wildman–Crippen LogP) is 4.25. The number of halogens is 4. The van der Waals surface area contributed by atoms with Gasteiger partial charge in [-0.05, 0) is 24.3 Å². The summed E-state index contributed by atoms with van der Waals surface area (Å²) in [5.41, 5.74) is -0.238. The maximum absolute atomic E-state index is 13.9. The topological polar surface area (TPSA) is 70.5 Å². The Balaban J connectivity index is 1.97. The number of aliphatic carboxylic acids is 1. The molecule has 0 fully saturated rings. The minimum atomic E-state index is -1.38. The Morgan fingerprint density at radius 3 is 2.36 bits per heavy atom. The number of carbonyl (C=O) groups is 2. The van der Waals surface area contributed by atoms with Crippen LogP contribution in [0.1, 0.15) is 17.8 Å². The molecule has 146 valence electrons. The number of anilines is 1. The Labute approximate surface area is 159 Å². The quantitative estimate of drug-likeness (QED) is 0.485. The van der Waals surface area contributed by atoms with Crippen molar-refractivity contribution in [1.82, 2.24) is 4.98 Å². The van der Waals surface area contributed by atoms with E-state index >= 15 is 0 Å². The van der Waals surface area contributed by atoms with Crippen molar-refractivity contribution in [3.8, 4) is 0 Å². The second-order valence-electron chi connectivity index (χ2n) is 5.79. The summed E-state index contributed by atoms with van der Waals surface area (Å²) < 4.78 is 54.1. The monoisotopic (exact) mass is 412 g/mol. The number of carboxylic acids is 1. The van der Waals surface area contributed by atoms with Crippen molar-refractivity contribution in [3.63, 3.8) is 0 Å². The summed E-state index contributed by atoms with van der Waals surface area (Å²) in [5.74, 6) is -5.98. The molecule has 1 amide bonds. The number of aromatic nitrogens is 1. The van der Waals surface area contributed by atoms with E-state index in [1.165, 1.54) is 12.1 Å². The fourth-order valence-corrected chi connectivity index (χ4v) is 3.48. The van der Waals surface area contributed by atoms with E-state index in [2.05, 4.69) is 4.98 Å². The third kappa shape index (κ3) is 4.11. The average Bonchev–Trinajstić information content (AvgIpc) is 3.08. The molecule has 3 rings (SSSR count). The summed E-state index contributed by atoms with van der Waals surface area (Å²) in [7, 11) is 0. The lowest BCUT2D eigenvalue weighted by Crippen LogP contribution is -2.30. The molecule has 0 saturated heterocycles. The minimum Gasteiger partial charge on any atom is -0.481 e. The first-order valence-corrected chi connectivity index (χ1v) is 8.78. The number of rotatable bonds is 6. The summed E-state index contributed by atoms with van der Waals surface area (Å²) in [5, 5.41) is 8.88. The Bertz CT molecular complexity index is 1050. The van der Waals surface area contributed by atoms with Crippen LogP contribution in [0.4, 0.5) is 23.2 Å². The summed E-state index contributed by atoms with van der Waals surface area (Å²) in [4.78, 5) is 28.2. The van der Waals surface area contributed by atoms with E-state index in [1.807, 2.05) is 0 Å². The highest BCUT2D eigenvalue weighted by atomic mass is 32.1. The number of hydrogen-bond donors (Lipinski definition) is 1. The number of carboxylic acid groups (broad SMARTS) is 1. The lowest BCUT2D eigenvalue weighted by Gasteiger charge is -2.21. The maximum Gasteiger partial charge on any atom is 0.303 e. The molecular weight excluding hydrogens is 400 g/mol. The van der Waals surface area contributed by atoms with Gasteiger partial charge in [0.25, 0.3) is 0 Å². The van der Waals surface area contributed by atoms with Gasteiger partial charge >= 0.3 is 5.97 Å². The Hall–Kier alpha value is -3.01. The predicted molar refractivity (Wildman–Crippen MR) is 94.0 cm³/mol. The van der Waals surface area contributed by atoms with Gasteiger partial charge in [0.1, 0.15) is 22.2 Å². The van der Waals surface area contributed by atoms with Crippen LogP contribution in [0.15, 0.2) is 30.3 Å². The second-order valence-corrected chi connectivity index (χ2v) is 6.87. The van der Waals surface area contributed by atoms with Crippen LogP contribution >= 0.6 is 11.3 Å². The van der Waals surface area contributed by atoms with Gasteiger partial charge in [0, 0.05) is 18.2 Å². The standard InChI is InChI=1S/C18H12F4N2O3S/c19-9-1-3-10(4-2-9)24(14(25)5-6-15(26)27)8-13-23-17-16(22)11(20)7-12(21)18(17)28-13/h1-4,7H,5-6,8H2,(H,26,27). The number of fused-ring (bicyclic) bond motifs is 1. The number of carbonyl (C=O) groups excluding carboxylic acids is 1. The molecule has 0 atom stereocenters. The fourth-order valence-electron chi connectivity index (χ4n) is 2.52. The molecule has 3 aromatic rings. The van der Waals surface area contributed by atoms with Crippen molar-refractivity contribution < 1.29 is 32.3 Å². The molecule has 0 saturated carbocycles. The Morgan fingerprint density at radius 2 is 1.71 bits per heavy atom. The lowest BCUT2D eigenvalue weighted by molar-refractivity contribution is -0.138. The zero-order valence-corrected chi connectivity index (χ0v) is 14.9. The molecule has 2 aromatic carbocycles. The molecule has 0 spiro atoms. The molecule has 0 aliphatic rings. The van der Waals surface area contributed by atoms with Crippen LogP contribution < -0.4 is 4.90 Å². The lowest BCUT2D eigenvalue weighted by atomic mass is 10.2. The van der Waals surface area contributed by atoms with Crippen molar-refractivity contribution in [2.45, 2.75) is 19.4 Å². The maximum atomic E-state index is 13.9. The number of hydrogen-bond acceptors (Lipinski definition) is 4. The van der Waals surface area contributed by atoms with Gasteiger partial charge < -0.3 is 10.0 Å². The van der Waals surface area contributed by atoms with Crippen LogP contribution in [0.3, 0.4) is 0 Å². The summed E-state index contributed by atoms with van der Waals surface area (Å²) in [6.07, 6.45) is -0.764. The van der Waals surface area contributed by atoms with Crippen molar-refractivity contribution in [2.75, 3.05) is 4.90 Å². The molecule has 10 heteroatoms. The van der Waals surface area contributed by atoms with Crippen LogP contribution in [0.2, 0.25) is 0 Å². The molecule has 0 unspecified atom stereocenters. The molecule has 28 heavy (non-hydrogen) atoms. The first-order valence-electron chi connectivity index (χ1n) is 7.97. The third-order valence-corrected chi connectivity index (χ3v) is 4.89. The average molecular weight is 412 g/mol. The normalized spacial score (nSPS) is 11.0. The van der Waals surface area contributed by atoms with E-state index in [0.29, 0.717) is 6.07 Å². The van der Waals surface area contributed by atoms with E-state index in [0.717, 1.165) is 28.4 Å². The van der Waals surface area contributed by atoms with E-state index in [4.69, 9.17) is 5.11 Å². The van der Waals surface area contributed by atoms with E-state index < -0.39 is 47.1 Å². The number of amides is 1. The van der Waals surface area contributed by atoms with Crippen LogP contribution in [0.5, 0.6) is 0 Å². The highest BCUT2D eigenvalue weighted by molar-refractivity contribution is 7.18. The first-order chi connectivity index (χ1) is 13.3. The van der Waals surface area contributed by atoms with Gasteiger partial charge in [0.2, 0.25) is 5.91 Å². The van der Waals surface area contributed by atoms with Crippen molar-refractivity contribution >= 4 is 39.1 Å². The van der Waals surface area contributed by atoms with Crippen molar-refractivity contribution in [3.05, 3.63) is 58.6 Å². The Kier molecular flexibility index (Phi) is 5.59. The second kappa shape index (κ2) is 7.93. The van der Waals surface area contributed by atoms with E-state index in [1.54, 1.807) is 0 Å². The smallest absolute Gasteiger partial charge is 0.303 e. The minimum absolute atomic E-state index is 0.103. The molecule has 5 nitrogen and oxygen atoms in total. The van der Waals surface area contributed by atoms with E-state index in [-0.39, 0.29) is 28.4 Å². The van der Waals surface area contributed by atoms with Gasteiger partial charge in [0.05, 0.1) is 17.7 Å². The first kappa shape index (κ1) is 19.7. The van der Waals surface area contributed by atoms with Gasteiger partial charge in [-0.3, -0.25) is 9.59 Å². The fraction of sp³-hybridized carbons (Fsp3) is 0.167. The molecule has 0 aliphatic carbocycles. The van der Waals surface area contributed by atoms with Crippen molar-refractivity contribution in [2.24, 2.45) is 0 Å².